The molecule has 2 heterocycles. The molecule has 0 saturated heterocycles. The number of rotatable bonds is 4. The molecule has 0 spiro atoms. The van der Waals surface area contributed by atoms with Gasteiger partial charge < -0.3 is 9.88 Å². The van der Waals surface area contributed by atoms with Crippen molar-refractivity contribution in [2.24, 2.45) is 0 Å². The van der Waals surface area contributed by atoms with Crippen LogP contribution in [0, 0.1) is 20.8 Å². The third-order valence-electron chi connectivity index (χ3n) is 4.70. The summed E-state index contributed by atoms with van der Waals surface area (Å²) in [6.07, 6.45) is 3.84. The molecule has 0 unspecified atom stereocenters. The summed E-state index contributed by atoms with van der Waals surface area (Å²) in [4.78, 5) is 13.2. The molecule has 5 heteroatoms. The number of hydrogen-bond donors (Lipinski definition) is 1. The molecule has 0 atom stereocenters. The molecule has 0 aliphatic rings. The van der Waals surface area contributed by atoms with Crippen molar-refractivity contribution in [2.75, 3.05) is 5.32 Å². The Hall–Kier alpha value is -3.60. The fraction of sp³-hybridized carbons (Fsp3) is 0.130. The van der Waals surface area contributed by atoms with Gasteiger partial charge in [0.2, 0.25) is 0 Å². The van der Waals surface area contributed by atoms with Gasteiger partial charge in [0.25, 0.3) is 5.91 Å². The highest BCUT2D eigenvalue weighted by Crippen LogP contribution is 2.24. The van der Waals surface area contributed by atoms with Crippen molar-refractivity contribution in [3.05, 3.63) is 95.4 Å². The average Bonchev–Trinajstić information content (AvgIpc) is 3.31. The van der Waals surface area contributed by atoms with Crippen molar-refractivity contribution in [1.29, 1.82) is 0 Å². The molecule has 0 aliphatic heterocycles. The molecule has 2 aromatic carbocycles. The maximum atomic E-state index is 13.2. The predicted molar refractivity (Wildman–Crippen MR) is 111 cm³/mol. The second-order valence-electron chi connectivity index (χ2n) is 6.94. The fourth-order valence-electron chi connectivity index (χ4n) is 3.19. The lowest BCUT2D eigenvalue weighted by molar-refractivity contribution is 0.102. The van der Waals surface area contributed by atoms with Crippen LogP contribution in [0.25, 0.3) is 11.5 Å². The van der Waals surface area contributed by atoms with Crippen LogP contribution in [0.1, 0.15) is 27.2 Å². The van der Waals surface area contributed by atoms with Crippen molar-refractivity contribution in [1.82, 2.24) is 14.3 Å². The summed E-state index contributed by atoms with van der Waals surface area (Å²) >= 11 is 0. The quantitative estimate of drug-likeness (QED) is 0.559. The number of nitrogens with zero attached hydrogens (tertiary/aromatic N) is 3. The van der Waals surface area contributed by atoms with Gasteiger partial charge in [-0.2, -0.15) is 5.10 Å². The molecule has 4 rings (SSSR count). The molecule has 2 aromatic heterocycles. The third kappa shape index (κ3) is 3.34. The van der Waals surface area contributed by atoms with Crippen LogP contribution < -0.4 is 5.32 Å². The number of aromatic nitrogens is 3. The molecular formula is C23H22N4O. The van der Waals surface area contributed by atoms with Crippen molar-refractivity contribution < 1.29 is 4.79 Å². The predicted octanol–water partition coefficient (Wildman–Crippen LogP) is 4.84. The molecule has 0 bridgehead atoms. The number of benzene rings is 2. The first kappa shape index (κ1) is 17.8. The van der Waals surface area contributed by atoms with Gasteiger partial charge in [0, 0.05) is 18.1 Å². The van der Waals surface area contributed by atoms with E-state index in [1.807, 2.05) is 103 Å². The van der Waals surface area contributed by atoms with Crippen molar-refractivity contribution >= 4 is 11.6 Å². The second-order valence-corrected chi connectivity index (χ2v) is 6.94. The molecule has 1 amide bonds. The van der Waals surface area contributed by atoms with Gasteiger partial charge in [0.15, 0.2) is 5.82 Å². The number of carbonyl (C=O) groups is 1. The molecule has 0 saturated carbocycles. The molecular weight excluding hydrogens is 348 g/mol. The standard InChI is InChI=1S/C23H22N4O/c1-16-6-10-19(11-7-16)24-22(28)21-18(3)25-27(20-12-8-17(2)9-13-20)23(21)26-14-4-5-15-26/h4-15H,1-3H3,(H,24,28). The van der Waals surface area contributed by atoms with E-state index in [1.165, 1.54) is 5.56 Å². The third-order valence-corrected chi connectivity index (χ3v) is 4.70. The summed E-state index contributed by atoms with van der Waals surface area (Å²) in [5.41, 5.74) is 5.22. The van der Waals surface area contributed by atoms with Gasteiger partial charge in [0.1, 0.15) is 5.56 Å². The Kier molecular flexibility index (Phi) is 4.57. The van der Waals surface area contributed by atoms with E-state index in [0.29, 0.717) is 11.3 Å². The lowest BCUT2D eigenvalue weighted by Gasteiger charge is -2.12. The maximum absolute atomic E-state index is 13.2. The summed E-state index contributed by atoms with van der Waals surface area (Å²) in [7, 11) is 0. The number of aryl methyl sites for hydroxylation is 3. The first-order chi connectivity index (χ1) is 13.5. The highest BCUT2D eigenvalue weighted by molar-refractivity contribution is 6.07. The van der Waals surface area contributed by atoms with Gasteiger partial charge in [-0.1, -0.05) is 35.4 Å². The Morgan fingerprint density at radius 2 is 1.43 bits per heavy atom. The Morgan fingerprint density at radius 1 is 0.857 bits per heavy atom. The Bertz CT molecular complexity index is 1100. The second kappa shape index (κ2) is 7.19. The van der Waals surface area contributed by atoms with E-state index in [9.17, 15) is 4.79 Å². The van der Waals surface area contributed by atoms with Crippen LogP contribution in [-0.2, 0) is 0 Å². The van der Waals surface area contributed by atoms with Crippen molar-refractivity contribution in [3.8, 4) is 11.5 Å². The molecule has 0 radical (unpaired) electrons. The van der Waals surface area contributed by atoms with Crippen LogP contribution in [0.2, 0.25) is 0 Å². The minimum absolute atomic E-state index is 0.177. The monoisotopic (exact) mass is 370 g/mol. The number of hydrogen-bond acceptors (Lipinski definition) is 2. The molecule has 1 N–H and O–H groups in total. The summed E-state index contributed by atoms with van der Waals surface area (Å²) in [6, 6.07) is 19.7. The molecule has 0 aliphatic carbocycles. The van der Waals surface area contributed by atoms with Gasteiger partial charge in [-0.3, -0.25) is 4.79 Å². The van der Waals surface area contributed by atoms with Crippen LogP contribution in [0.5, 0.6) is 0 Å². The van der Waals surface area contributed by atoms with E-state index in [2.05, 4.69) is 10.4 Å². The Morgan fingerprint density at radius 3 is 2.04 bits per heavy atom. The maximum Gasteiger partial charge on any atom is 0.261 e. The summed E-state index contributed by atoms with van der Waals surface area (Å²) in [5, 5.41) is 7.68. The minimum Gasteiger partial charge on any atom is -0.322 e. The van der Waals surface area contributed by atoms with Crippen LogP contribution >= 0.6 is 0 Å². The Balaban J connectivity index is 1.81. The van der Waals surface area contributed by atoms with Crippen LogP contribution in [0.4, 0.5) is 5.69 Å². The van der Waals surface area contributed by atoms with Gasteiger partial charge in [-0.25, -0.2) is 4.68 Å². The zero-order valence-electron chi connectivity index (χ0n) is 16.2. The molecule has 5 nitrogen and oxygen atoms in total. The number of nitrogens with one attached hydrogen (secondary N) is 1. The normalized spacial score (nSPS) is 10.8. The lowest BCUT2D eigenvalue weighted by atomic mass is 10.2. The average molecular weight is 370 g/mol. The summed E-state index contributed by atoms with van der Waals surface area (Å²) < 4.78 is 3.74. The number of anilines is 1. The Labute approximate surface area is 164 Å². The molecule has 140 valence electrons. The van der Waals surface area contributed by atoms with E-state index in [-0.39, 0.29) is 5.91 Å². The minimum atomic E-state index is -0.177. The zero-order valence-corrected chi connectivity index (χ0v) is 16.2. The van der Waals surface area contributed by atoms with E-state index in [0.717, 1.165) is 22.8 Å². The van der Waals surface area contributed by atoms with Crippen LogP contribution in [0.15, 0.2) is 73.1 Å². The zero-order chi connectivity index (χ0) is 19.7. The van der Waals surface area contributed by atoms with E-state index in [4.69, 9.17) is 0 Å². The van der Waals surface area contributed by atoms with E-state index in [1.54, 1.807) is 0 Å². The van der Waals surface area contributed by atoms with E-state index >= 15 is 0 Å². The van der Waals surface area contributed by atoms with Crippen LogP contribution in [0.3, 0.4) is 0 Å². The molecule has 28 heavy (non-hydrogen) atoms. The van der Waals surface area contributed by atoms with E-state index < -0.39 is 0 Å². The number of carbonyl (C=O) groups excluding carboxylic acids is 1. The molecule has 0 fully saturated rings. The summed E-state index contributed by atoms with van der Waals surface area (Å²) in [5.74, 6) is 0.541. The summed E-state index contributed by atoms with van der Waals surface area (Å²) in [6.45, 7) is 5.93. The largest absolute Gasteiger partial charge is 0.322 e. The van der Waals surface area contributed by atoms with Gasteiger partial charge in [-0.05, 0) is 57.2 Å². The lowest BCUT2D eigenvalue weighted by Crippen LogP contribution is -2.16. The first-order valence-electron chi connectivity index (χ1n) is 9.21. The highest BCUT2D eigenvalue weighted by Gasteiger charge is 2.23. The molecule has 4 aromatic rings. The van der Waals surface area contributed by atoms with Gasteiger partial charge in [-0.15, -0.1) is 0 Å². The van der Waals surface area contributed by atoms with Gasteiger partial charge >= 0.3 is 0 Å². The van der Waals surface area contributed by atoms with Crippen molar-refractivity contribution in [2.45, 2.75) is 20.8 Å². The number of amides is 1. The smallest absolute Gasteiger partial charge is 0.261 e. The fourth-order valence-corrected chi connectivity index (χ4v) is 3.19. The first-order valence-corrected chi connectivity index (χ1v) is 9.21. The van der Waals surface area contributed by atoms with Crippen LogP contribution in [-0.4, -0.2) is 20.3 Å². The van der Waals surface area contributed by atoms with Crippen molar-refractivity contribution in [3.63, 3.8) is 0 Å². The van der Waals surface area contributed by atoms with Gasteiger partial charge in [0.05, 0.1) is 11.4 Å². The topological polar surface area (TPSA) is 51.9 Å². The SMILES string of the molecule is Cc1ccc(NC(=O)c2c(C)nn(-c3ccc(C)cc3)c2-n2cccc2)cc1. The highest BCUT2D eigenvalue weighted by atomic mass is 16.1.